The molecule has 0 aliphatic carbocycles. The molecule has 7 heteroatoms. The lowest BCUT2D eigenvalue weighted by molar-refractivity contribution is -0.271. The number of aryl methyl sites for hydroxylation is 1. The minimum atomic E-state index is -0.735. The molecule has 1 saturated heterocycles. The number of ether oxygens (including phenoxy) is 4. The van der Waals surface area contributed by atoms with Crippen LogP contribution in [0, 0.1) is 0 Å². The molecule has 1 fully saturated rings. The zero-order valence-electron chi connectivity index (χ0n) is 21.9. The van der Waals surface area contributed by atoms with Crippen LogP contribution in [0.1, 0.15) is 91.2 Å². The maximum Gasteiger partial charge on any atom is 0.408 e. The van der Waals surface area contributed by atoms with E-state index < -0.39 is 29.7 Å². The van der Waals surface area contributed by atoms with Crippen LogP contribution in [0.2, 0.25) is 0 Å². The first kappa shape index (κ1) is 28.4. The fourth-order valence-corrected chi connectivity index (χ4v) is 3.81. The van der Waals surface area contributed by atoms with Gasteiger partial charge in [0.25, 0.3) is 0 Å². The summed E-state index contributed by atoms with van der Waals surface area (Å²) in [5.41, 5.74) is 0.181. The quantitative estimate of drug-likeness (QED) is 0.346. The lowest BCUT2D eigenvalue weighted by atomic mass is 9.91. The normalized spacial score (nSPS) is 17.3. The molecule has 0 bridgehead atoms. The van der Waals surface area contributed by atoms with Crippen molar-refractivity contribution in [3.63, 3.8) is 0 Å². The van der Waals surface area contributed by atoms with E-state index in [4.69, 9.17) is 18.9 Å². The van der Waals surface area contributed by atoms with E-state index in [9.17, 15) is 9.18 Å². The average Bonchev–Trinajstić information content (AvgIpc) is 2.76. The van der Waals surface area contributed by atoms with E-state index >= 15 is 0 Å². The summed E-state index contributed by atoms with van der Waals surface area (Å²) in [5.74, 6) is -0.106. The van der Waals surface area contributed by atoms with Crippen LogP contribution >= 0.6 is 0 Å². The van der Waals surface area contributed by atoms with E-state index in [1.807, 2.05) is 52.8 Å². The summed E-state index contributed by atoms with van der Waals surface area (Å²) >= 11 is 0. The summed E-state index contributed by atoms with van der Waals surface area (Å²) in [5, 5.41) is 2.98. The zero-order chi connectivity index (χ0) is 25.2. The molecule has 2 rings (SSSR count). The lowest BCUT2D eigenvalue weighted by Crippen LogP contribution is -2.61. The Balaban J connectivity index is 2.01. The van der Waals surface area contributed by atoms with Crippen LogP contribution in [0.15, 0.2) is 18.2 Å². The lowest BCUT2D eigenvalue weighted by Gasteiger charge is -2.44. The van der Waals surface area contributed by atoms with Gasteiger partial charge in [0, 0.05) is 5.56 Å². The van der Waals surface area contributed by atoms with E-state index in [0.29, 0.717) is 44.0 Å². The van der Waals surface area contributed by atoms with Crippen molar-refractivity contribution in [1.82, 2.24) is 5.32 Å². The molecule has 34 heavy (non-hydrogen) atoms. The fourth-order valence-electron chi connectivity index (χ4n) is 3.81. The van der Waals surface area contributed by atoms with Gasteiger partial charge in [-0.05, 0) is 71.6 Å². The minimum absolute atomic E-state index is 0.300. The van der Waals surface area contributed by atoms with Gasteiger partial charge in [-0.2, -0.15) is 0 Å². The number of halogens is 1. The summed E-state index contributed by atoms with van der Waals surface area (Å²) in [6.07, 6.45) is 6.43. The topological polar surface area (TPSA) is 66.0 Å². The van der Waals surface area contributed by atoms with Crippen molar-refractivity contribution in [2.75, 3.05) is 19.8 Å². The molecule has 0 saturated carbocycles. The fraction of sp³-hybridized carbons (Fsp3) is 0.741. The molecule has 0 aromatic heterocycles. The van der Waals surface area contributed by atoms with Crippen molar-refractivity contribution >= 4 is 6.09 Å². The van der Waals surface area contributed by atoms with Crippen LogP contribution in [0.25, 0.3) is 0 Å². The largest absolute Gasteiger partial charge is 0.493 e. The maximum absolute atomic E-state index is 13.7. The smallest absolute Gasteiger partial charge is 0.408 e. The predicted octanol–water partition coefficient (Wildman–Crippen LogP) is 6.48. The standard InChI is InChI=1S/C27H44FNO5/c1-7-8-9-10-11-16-31-23-13-12-21(17-22(23)18-28)14-15-27(19-32-26(5,6)33-20-27)29-24(30)34-25(2,3)4/h12-13,17H,7-11,14-16,18-20H2,1-6H3,(H,29,30). The molecule has 0 unspecified atom stereocenters. The molecule has 1 aromatic carbocycles. The molecule has 1 N–H and O–H groups in total. The van der Waals surface area contributed by atoms with Crippen molar-refractivity contribution in [3.8, 4) is 5.75 Å². The molecular formula is C27H44FNO5. The Hall–Kier alpha value is -1.86. The van der Waals surface area contributed by atoms with Gasteiger partial charge in [-0.3, -0.25) is 0 Å². The van der Waals surface area contributed by atoms with Gasteiger partial charge in [0.05, 0.1) is 25.4 Å². The van der Waals surface area contributed by atoms with E-state index in [1.54, 1.807) is 0 Å². The molecule has 1 aliphatic heterocycles. The van der Waals surface area contributed by atoms with Crippen LogP contribution in [0.4, 0.5) is 9.18 Å². The second-order valence-electron chi connectivity index (χ2n) is 10.7. The summed E-state index contributed by atoms with van der Waals surface area (Å²) in [6, 6.07) is 5.66. The van der Waals surface area contributed by atoms with Gasteiger partial charge in [0.2, 0.25) is 0 Å². The monoisotopic (exact) mass is 481 g/mol. The molecule has 1 heterocycles. The van der Waals surface area contributed by atoms with Crippen molar-refractivity contribution in [2.24, 2.45) is 0 Å². The minimum Gasteiger partial charge on any atom is -0.493 e. The van der Waals surface area contributed by atoms with E-state index in [2.05, 4.69) is 12.2 Å². The molecule has 6 nitrogen and oxygen atoms in total. The predicted molar refractivity (Wildman–Crippen MR) is 132 cm³/mol. The highest BCUT2D eigenvalue weighted by Gasteiger charge is 2.42. The first-order valence-electron chi connectivity index (χ1n) is 12.6. The average molecular weight is 482 g/mol. The third-order valence-electron chi connectivity index (χ3n) is 5.82. The molecule has 0 spiro atoms. The first-order valence-corrected chi connectivity index (χ1v) is 12.6. The van der Waals surface area contributed by atoms with Gasteiger partial charge >= 0.3 is 6.09 Å². The molecule has 1 aliphatic rings. The number of hydrogen-bond donors (Lipinski definition) is 1. The summed E-state index contributed by atoms with van der Waals surface area (Å²) in [4.78, 5) is 12.5. The van der Waals surface area contributed by atoms with Gasteiger partial charge in [-0.15, -0.1) is 0 Å². The highest BCUT2D eigenvalue weighted by atomic mass is 19.1. The summed E-state index contributed by atoms with van der Waals surface area (Å²) in [6.45, 7) is 12.0. The van der Waals surface area contributed by atoms with Crippen LogP contribution in [0.3, 0.4) is 0 Å². The number of benzene rings is 1. The second-order valence-corrected chi connectivity index (χ2v) is 10.7. The van der Waals surface area contributed by atoms with Gasteiger partial charge < -0.3 is 24.3 Å². The Morgan fingerprint density at radius 2 is 1.79 bits per heavy atom. The van der Waals surface area contributed by atoms with E-state index in [-0.39, 0.29) is 0 Å². The van der Waals surface area contributed by atoms with Crippen molar-refractivity contribution in [3.05, 3.63) is 29.3 Å². The van der Waals surface area contributed by atoms with E-state index in [1.165, 1.54) is 19.3 Å². The number of carbonyl (C=O) groups is 1. The van der Waals surface area contributed by atoms with Crippen LogP contribution in [-0.2, 0) is 27.3 Å². The molecule has 1 amide bonds. The number of amides is 1. The third-order valence-corrected chi connectivity index (χ3v) is 5.82. The summed E-state index contributed by atoms with van der Waals surface area (Å²) in [7, 11) is 0. The number of hydrogen-bond acceptors (Lipinski definition) is 5. The molecule has 0 radical (unpaired) electrons. The number of rotatable bonds is 12. The van der Waals surface area contributed by atoms with Crippen LogP contribution < -0.4 is 10.1 Å². The highest BCUT2D eigenvalue weighted by Crippen LogP contribution is 2.29. The van der Waals surface area contributed by atoms with Crippen molar-refractivity contribution < 1.29 is 28.1 Å². The zero-order valence-corrected chi connectivity index (χ0v) is 21.9. The SMILES string of the molecule is CCCCCCCOc1ccc(CCC2(NC(=O)OC(C)(C)C)COC(C)(C)OC2)cc1CF. The summed E-state index contributed by atoms with van der Waals surface area (Å²) < 4.78 is 36.8. The van der Waals surface area contributed by atoms with Crippen molar-refractivity contribution in [2.45, 2.75) is 110 Å². The number of alkyl carbamates (subject to hydrolysis) is 1. The van der Waals surface area contributed by atoms with Gasteiger partial charge in [-0.1, -0.05) is 38.7 Å². The van der Waals surface area contributed by atoms with E-state index in [0.717, 1.165) is 18.4 Å². The Morgan fingerprint density at radius 3 is 2.41 bits per heavy atom. The van der Waals surface area contributed by atoms with Crippen molar-refractivity contribution in [1.29, 1.82) is 0 Å². The number of nitrogens with one attached hydrogen (secondary N) is 1. The Bertz CT molecular complexity index is 765. The van der Waals surface area contributed by atoms with Crippen LogP contribution in [-0.4, -0.2) is 42.8 Å². The van der Waals surface area contributed by atoms with Gasteiger partial charge in [-0.25, -0.2) is 9.18 Å². The van der Waals surface area contributed by atoms with Gasteiger partial charge in [0.15, 0.2) is 5.79 Å². The van der Waals surface area contributed by atoms with Crippen LogP contribution in [0.5, 0.6) is 5.75 Å². The highest BCUT2D eigenvalue weighted by molar-refractivity contribution is 5.69. The Labute approximate surface area is 204 Å². The number of alkyl halides is 1. The Kier molecular flexibility index (Phi) is 10.6. The third kappa shape index (κ3) is 9.79. The molecule has 1 aromatic rings. The molecule has 0 atom stereocenters. The van der Waals surface area contributed by atoms with Gasteiger partial charge in [0.1, 0.15) is 18.0 Å². The number of unbranched alkanes of at least 4 members (excludes halogenated alkanes) is 4. The Morgan fingerprint density at radius 1 is 1.12 bits per heavy atom. The molecule has 194 valence electrons. The second kappa shape index (κ2) is 12.7. The first-order chi connectivity index (χ1) is 16.0. The molecular weight excluding hydrogens is 437 g/mol. The maximum atomic E-state index is 13.7. The number of carbonyl (C=O) groups excluding carboxylic acids is 1.